The number of imidazole rings is 1. The van der Waals surface area contributed by atoms with Crippen LogP contribution >= 0.6 is 27.3 Å². The second-order valence-corrected chi connectivity index (χ2v) is 6.71. The van der Waals surface area contributed by atoms with Crippen LogP contribution in [-0.2, 0) is 13.0 Å². The van der Waals surface area contributed by atoms with Gasteiger partial charge in [0.05, 0.1) is 28.5 Å². The van der Waals surface area contributed by atoms with Crippen molar-refractivity contribution >= 4 is 43.0 Å². The molecule has 0 aliphatic heterocycles. The quantitative estimate of drug-likeness (QED) is 0.553. The first-order chi connectivity index (χ1) is 10.7. The highest BCUT2D eigenvalue weighted by Crippen LogP contribution is 2.26. The first kappa shape index (κ1) is 13.7. The van der Waals surface area contributed by atoms with Crippen molar-refractivity contribution in [2.24, 2.45) is 0 Å². The lowest BCUT2D eigenvalue weighted by atomic mass is 10.3. The number of aromatic nitrogens is 4. The minimum atomic E-state index is -0.0608. The van der Waals surface area contributed by atoms with Gasteiger partial charge in [0.2, 0.25) is 0 Å². The molecule has 0 fully saturated rings. The van der Waals surface area contributed by atoms with Crippen LogP contribution < -0.4 is 5.56 Å². The fourth-order valence-corrected chi connectivity index (χ4v) is 4.01. The Bertz CT molecular complexity index is 1000. The minimum absolute atomic E-state index is 0.0608. The van der Waals surface area contributed by atoms with E-state index in [4.69, 9.17) is 0 Å². The van der Waals surface area contributed by atoms with Gasteiger partial charge in [-0.15, -0.1) is 11.3 Å². The van der Waals surface area contributed by atoms with Crippen LogP contribution in [0, 0.1) is 0 Å². The maximum atomic E-state index is 12.5. The summed E-state index contributed by atoms with van der Waals surface area (Å²) in [5.41, 5.74) is 1.80. The van der Waals surface area contributed by atoms with Crippen molar-refractivity contribution in [3.8, 4) is 0 Å². The van der Waals surface area contributed by atoms with E-state index in [9.17, 15) is 4.79 Å². The minimum Gasteiger partial charge on any atom is -0.307 e. The average Bonchev–Trinajstić information content (AvgIpc) is 3.10. The molecular weight excluding hydrogens is 364 g/mol. The van der Waals surface area contributed by atoms with Crippen LogP contribution in [0.2, 0.25) is 0 Å². The predicted molar refractivity (Wildman–Crippen MR) is 90.5 cm³/mol. The van der Waals surface area contributed by atoms with E-state index >= 15 is 0 Å². The number of hydrogen-bond donors (Lipinski definition) is 0. The lowest BCUT2D eigenvalue weighted by Crippen LogP contribution is -2.23. The van der Waals surface area contributed by atoms with Gasteiger partial charge in [0.1, 0.15) is 5.65 Å². The molecule has 0 spiro atoms. The summed E-state index contributed by atoms with van der Waals surface area (Å²) in [6, 6.07) is 5.88. The third-order valence-corrected chi connectivity index (χ3v) is 5.38. The van der Waals surface area contributed by atoms with E-state index in [-0.39, 0.29) is 5.56 Å². The van der Waals surface area contributed by atoms with Crippen molar-refractivity contribution in [3.05, 3.63) is 62.7 Å². The Hall–Kier alpha value is -1.99. The molecule has 0 aliphatic rings. The molecule has 4 aromatic rings. The zero-order chi connectivity index (χ0) is 15.1. The zero-order valence-electron chi connectivity index (χ0n) is 11.4. The zero-order valence-corrected chi connectivity index (χ0v) is 13.8. The topological polar surface area (TPSA) is 52.2 Å². The van der Waals surface area contributed by atoms with Crippen LogP contribution in [0.5, 0.6) is 0 Å². The molecule has 0 unspecified atom stereocenters. The second kappa shape index (κ2) is 5.33. The maximum Gasteiger partial charge on any atom is 0.276 e. The summed E-state index contributed by atoms with van der Waals surface area (Å²) >= 11 is 4.94. The number of hydrogen-bond acceptors (Lipinski definition) is 4. The summed E-state index contributed by atoms with van der Waals surface area (Å²) in [6.45, 7) is 0.515. The number of aryl methyl sites for hydroxylation is 2. The smallest absolute Gasteiger partial charge is 0.276 e. The number of pyridine rings is 1. The molecule has 0 radical (unpaired) electrons. The Balaban J connectivity index is 1.65. The molecule has 4 rings (SSSR count). The van der Waals surface area contributed by atoms with E-state index in [1.54, 1.807) is 6.20 Å². The van der Waals surface area contributed by atoms with Crippen molar-refractivity contribution in [2.45, 2.75) is 13.0 Å². The SMILES string of the molecule is O=c1c2c(Br)csc2cnn1CCc1cn2ccccc2n1. The highest BCUT2D eigenvalue weighted by molar-refractivity contribution is 9.10. The third kappa shape index (κ3) is 2.26. The summed E-state index contributed by atoms with van der Waals surface area (Å²) < 4.78 is 5.22. The first-order valence-electron chi connectivity index (χ1n) is 6.78. The number of fused-ring (bicyclic) bond motifs is 2. The largest absolute Gasteiger partial charge is 0.307 e. The van der Waals surface area contributed by atoms with E-state index in [0.29, 0.717) is 18.4 Å². The summed E-state index contributed by atoms with van der Waals surface area (Å²) in [6.07, 6.45) is 6.36. The number of thiophene rings is 1. The lowest BCUT2D eigenvalue weighted by Gasteiger charge is -2.02. The third-order valence-electron chi connectivity index (χ3n) is 3.53. The Morgan fingerprint density at radius 3 is 3.09 bits per heavy atom. The highest BCUT2D eigenvalue weighted by Gasteiger charge is 2.10. The van der Waals surface area contributed by atoms with Crippen molar-refractivity contribution in [3.63, 3.8) is 0 Å². The summed E-state index contributed by atoms with van der Waals surface area (Å²) in [5, 5.41) is 6.87. The van der Waals surface area contributed by atoms with E-state index in [0.717, 1.165) is 20.5 Å². The molecule has 0 aromatic carbocycles. The molecule has 4 aromatic heterocycles. The molecule has 110 valence electrons. The molecule has 0 amide bonds. The molecule has 4 heterocycles. The molecule has 5 nitrogen and oxygen atoms in total. The fraction of sp³-hybridized carbons (Fsp3) is 0.133. The Labute approximate surface area is 138 Å². The van der Waals surface area contributed by atoms with Crippen molar-refractivity contribution < 1.29 is 0 Å². The van der Waals surface area contributed by atoms with E-state index in [1.165, 1.54) is 16.0 Å². The van der Waals surface area contributed by atoms with Crippen LogP contribution in [0.15, 0.2) is 51.4 Å². The molecule has 0 N–H and O–H groups in total. The van der Waals surface area contributed by atoms with Crippen molar-refractivity contribution in [1.29, 1.82) is 0 Å². The molecule has 0 atom stereocenters. The van der Waals surface area contributed by atoms with Crippen LogP contribution in [0.4, 0.5) is 0 Å². The van der Waals surface area contributed by atoms with Gasteiger partial charge >= 0.3 is 0 Å². The van der Waals surface area contributed by atoms with Gasteiger partial charge in [-0.2, -0.15) is 5.10 Å². The van der Waals surface area contributed by atoms with Crippen LogP contribution in [0.25, 0.3) is 15.7 Å². The van der Waals surface area contributed by atoms with E-state index < -0.39 is 0 Å². The molecule has 0 bridgehead atoms. The molecule has 7 heteroatoms. The first-order valence-corrected chi connectivity index (χ1v) is 8.45. The Kier molecular flexibility index (Phi) is 3.31. The van der Waals surface area contributed by atoms with Gasteiger partial charge in [-0.1, -0.05) is 6.07 Å². The van der Waals surface area contributed by atoms with Gasteiger partial charge in [-0.05, 0) is 28.1 Å². The predicted octanol–water partition coefficient (Wildman–Crippen LogP) is 3.11. The number of nitrogens with zero attached hydrogens (tertiary/aromatic N) is 4. The summed E-state index contributed by atoms with van der Waals surface area (Å²) in [4.78, 5) is 17.0. The Morgan fingerprint density at radius 1 is 1.32 bits per heavy atom. The fourth-order valence-electron chi connectivity index (χ4n) is 2.44. The Morgan fingerprint density at radius 2 is 2.23 bits per heavy atom. The van der Waals surface area contributed by atoms with Crippen molar-refractivity contribution in [2.75, 3.05) is 0 Å². The maximum absolute atomic E-state index is 12.5. The second-order valence-electron chi connectivity index (χ2n) is 4.94. The molecular formula is C15H11BrN4OS. The molecule has 0 aliphatic carbocycles. The van der Waals surface area contributed by atoms with Crippen LogP contribution in [-0.4, -0.2) is 19.2 Å². The summed E-state index contributed by atoms with van der Waals surface area (Å²) in [5.74, 6) is 0. The number of halogens is 1. The molecule has 0 saturated heterocycles. The normalized spacial score (nSPS) is 11.5. The van der Waals surface area contributed by atoms with Gasteiger partial charge < -0.3 is 4.40 Å². The van der Waals surface area contributed by atoms with Gasteiger partial charge in [0.25, 0.3) is 5.56 Å². The standard InChI is InChI=1S/C15H11BrN4OS/c16-11-9-22-12-7-17-20(15(21)14(11)12)6-4-10-8-19-5-2-1-3-13(19)18-10/h1-3,5,7-9H,4,6H2. The van der Waals surface area contributed by atoms with Crippen molar-refractivity contribution in [1.82, 2.24) is 19.2 Å². The van der Waals surface area contributed by atoms with Gasteiger partial charge in [0.15, 0.2) is 0 Å². The van der Waals surface area contributed by atoms with Gasteiger partial charge in [0, 0.05) is 28.7 Å². The van der Waals surface area contributed by atoms with E-state index in [1.807, 2.05) is 40.4 Å². The molecule has 0 saturated carbocycles. The summed E-state index contributed by atoms with van der Waals surface area (Å²) in [7, 11) is 0. The average molecular weight is 375 g/mol. The number of rotatable bonds is 3. The molecule has 22 heavy (non-hydrogen) atoms. The monoisotopic (exact) mass is 374 g/mol. The van der Waals surface area contributed by atoms with Gasteiger partial charge in [-0.3, -0.25) is 4.79 Å². The highest BCUT2D eigenvalue weighted by atomic mass is 79.9. The van der Waals surface area contributed by atoms with Crippen LogP contribution in [0.3, 0.4) is 0 Å². The van der Waals surface area contributed by atoms with E-state index in [2.05, 4.69) is 26.0 Å². The lowest BCUT2D eigenvalue weighted by molar-refractivity contribution is 0.580. The van der Waals surface area contributed by atoms with Crippen LogP contribution in [0.1, 0.15) is 5.69 Å². The van der Waals surface area contributed by atoms with Gasteiger partial charge in [-0.25, -0.2) is 9.67 Å².